The number of esters is 1. The maximum absolute atomic E-state index is 12.7. The van der Waals surface area contributed by atoms with E-state index in [0.29, 0.717) is 19.4 Å². The number of piperidine rings is 1. The molecule has 0 aromatic heterocycles. The Labute approximate surface area is 171 Å². The summed E-state index contributed by atoms with van der Waals surface area (Å²) in [5.74, 6) is -0.591. The van der Waals surface area contributed by atoms with Crippen LogP contribution in [0, 0.1) is 0 Å². The number of hydrogen-bond acceptors (Lipinski definition) is 6. The maximum atomic E-state index is 12.7. The Hall–Kier alpha value is -2.77. The molecule has 160 valence electrons. The summed E-state index contributed by atoms with van der Waals surface area (Å²) in [5.41, 5.74) is -1.23. The highest BCUT2D eigenvalue weighted by Crippen LogP contribution is 2.25. The molecule has 1 fully saturated rings. The van der Waals surface area contributed by atoms with Crippen molar-refractivity contribution in [3.05, 3.63) is 35.9 Å². The summed E-state index contributed by atoms with van der Waals surface area (Å²) >= 11 is 0. The van der Waals surface area contributed by atoms with Crippen molar-refractivity contribution >= 4 is 18.2 Å². The van der Waals surface area contributed by atoms with Gasteiger partial charge in [0.2, 0.25) is 0 Å². The number of benzene rings is 1. The standard InChI is InChI=1S/C21H30N2O6/c1-5-27-17(24)21(22-18(25)29-20(2,3)4)12-9-13-23(15-21)19(26)28-14-16-10-7-6-8-11-16/h6-8,10-11H,5,9,12-15H2,1-4H3,(H,22,25). The third kappa shape index (κ3) is 6.66. The van der Waals surface area contributed by atoms with Crippen molar-refractivity contribution < 1.29 is 28.6 Å². The van der Waals surface area contributed by atoms with Crippen molar-refractivity contribution in [1.82, 2.24) is 10.2 Å². The molecule has 1 N–H and O–H groups in total. The van der Waals surface area contributed by atoms with E-state index in [0.717, 1.165) is 5.56 Å². The number of rotatable bonds is 5. The average Bonchev–Trinajstić information content (AvgIpc) is 2.65. The molecular weight excluding hydrogens is 376 g/mol. The van der Waals surface area contributed by atoms with Crippen molar-refractivity contribution in [2.75, 3.05) is 19.7 Å². The third-order valence-electron chi connectivity index (χ3n) is 4.36. The van der Waals surface area contributed by atoms with Gasteiger partial charge in [0.05, 0.1) is 13.2 Å². The lowest BCUT2D eigenvalue weighted by Gasteiger charge is -2.40. The fourth-order valence-electron chi connectivity index (χ4n) is 3.11. The summed E-state index contributed by atoms with van der Waals surface area (Å²) in [6.45, 7) is 7.56. The van der Waals surface area contributed by atoms with E-state index in [2.05, 4.69) is 5.32 Å². The fourth-order valence-corrected chi connectivity index (χ4v) is 3.11. The van der Waals surface area contributed by atoms with E-state index in [1.165, 1.54) is 4.90 Å². The molecule has 0 saturated carbocycles. The Morgan fingerprint density at radius 3 is 2.45 bits per heavy atom. The Bertz CT molecular complexity index is 716. The number of alkyl carbamates (subject to hydrolysis) is 1. The normalized spacial score (nSPS) is 19.2. The zero-order chi connectivity index (χ0) is 21.5. The molecule has 0 bridgehead atoms. The van der Waals surface area contributed by atoms with Gasteiger partial charge in [-0.2, -0.15) is 0 Å². The SMILES string of the molecule is CCOC(=O)C1(NC(=O)OC(C)(C)C)CCCN(C(=O)OCc2ccccc2)C1. The number of nitrogens with one attached hydrogen (secondary N) is 1. The zero-order valence-electron chi connectivity index (χ0n) is 17.5. The predicted molar refractivity (Wildman–Crippen MR) is 106 cm³/mol. The molecule has 1 aromatic rings. The van der Waals surface area contributed by atoms with Gasteiger partial charge in [0.25, 0.3) is 0 Å². The van der Waals surface area contributed by atoms with Crippen LogP contribution in [0.3, 0.4) is 0 Å². The molecule has 2 rings (SSSR count). The molecule has 1 saturated heterocycles. The fraction of sp³-hybridized carbons (Fsp3) is 0.571. The number of ether oxygens (including phenoxy) is 3. The number of likely N-dealkylation sites (tertiary alicyclic amines) is 1. The number of hydrogen-bond donors (Lipinski definition) is 1. The van der Waals surface area contributed by atoms with Gasteiger partial charge >= 0.3 is 18.2 Å². The van der Waals surface area contributed by atoms with E-state index in [9.17, 15) is 14.4 Å². The highest BCUT2D eigenvalue weighted by Gasteiger charge is 2.47. The summed E-state index contributed by atoms with van der Waals surface area (Å²) in [4.78, 5) is 39.0. The van der Waals surface area contributed by atoms with Crippen molar-refractivity contribution in [1.29, 1.82) is 0 Å². The Morgan fingerprint density at radius 1 is 1.14 bits per heavy atom. The lowest BCUT2D eigenvalue weighted by atomic mass is 9.89. The first-order valence-electron chi connectivity index (χ1n) is 9.79. The van der Waals surface area contributed by atoms with Gasteiger partial charge in [0, 0.05) is 6.54 Å². The van der Waals surface area contributed by atoms with Crippen LogP contribution in [0.5, 0.6) is 0 Å². The molecule has 1 unspecified atom stereocenters. The first-order chi connectivity index (χ1) is 13.6. The molecule has 1 aliphatic rings. The van der Waals surface area contributed by atoms with Crippen LogP contribution in [0.1, 0.15) is 46.1 Å². The highest BCUT2D eigenvalue weighted by atomic mass is 16.6. The molecule has 29 heavy (non-hydrogen) atoms. The molecule has 1 heterocycles. The summed E-state index contributed by atoms with van der Waals surface area (Å²) in [7, 11) is 0. The number of carbonyl (C=O) groups excluding carboxylic acids is 3. The Kier molecular flexibility index (Phi) is 7.47. The molecule has 2 amide bonds. The van der Waals surface area contributed by atoms with E-state index in [1.807, 2.05) is 30.3 Å². The van der Waals surface area contributed by atoms with Crippen LogP contribution in [0.4, 0.5) is 9.59 Å². The number of nitrogens with zero attached hydrogens (tertiary/aromatic N) is 1. The van der Waals surface area contributed by atoms with Gasteiger partial charge in [0.1, 0.15) is 12.2 Å². The van der Waals surface area contributed by atoms with Crippen molar-refractivity contribution in [2.24, 2.45) is 0 Å². The lowest BCUT2D eigenvalue weighted by Crippen LogP contribution is -2.65. The van der Waals surface area contributed by atoms with Crippen LogP contribution in [0.25, 0.3) is 0 Å². The van der Waals surface area contributed by atoms with Gasteiger partial charge in [-0.3, -0.25) is 0 Å². The molecule has 0 aliphatic carbocycles. The summed E-state index contributed by atoms with van der Waals surface area (Å²) in [6, 6.07) is 9.32. The van der Waals surface area contributed by atoms with Gasteiger partial charge in [-0.05, 0) is 46.1 Å². The van der Waals surface area contributed by atoms with Gasteiger partial charge in [-0.25, -0.2) is 14.4 Å². The molecule has 1 aromatic carbocycles. The number of amides is 2. The molecule has 8 nitrogen and oxygen atoms in total. The van der Waals surface area contributed by atoms with Gasteiger partial charge in [-0.15, -0.1) is 0 Å². The summed E-state index contributed by atoms with van der Waals surface area (Å²) < 4.78 is 15.9. The lowest BCUT2D eigenvalue weighted by molar-refractivity contribution is -0.153. The minimum absolute atomic E-state index is 0.0430. The van der Waals surface area contributed by atoms with Crippen molar-refractivity contribution in [3.8, 4) is 0 Å². The van der Waals surface area contributed by atoms with Crippen LogP contribution in [-0.2, 0) is 25.6 Å². The van der Waals surface area contributed by atoms with Crippen molar-refractivity contribution in [2.45, 2.75) is 58.3 Å². The van der Waals surface area contributed by atoms with Gasteiger partial charge < -0.3 is 24.4 Å². The van der Waals surface area contributed by atoms with E-state index >= 15 is 0 Å². The summed E-state index contributed by atoms with van der Waals surface area (Å²) in [5, 5.41) is 2.65. The van der Waals surface area contributed by atoms with E-state index in [1.54, 1.807) is 27.7 Å². The monoisotopic (exact) mass is 406 g/mol. The molecule has 0 radical (unpaired) electrons. The Morgan fingerprint density at radius 2 is 1.83 bits per heavy atom. The van der Waals surface area contributed by atoms with E-state index < -0.39 is 29.3 Å². The quantitative estimate of drug-likeness (QED) is 0.596. The van der Waals surface area contributed by atoms with Crippen LogP contribution >= 0.6 is 0 Å². The van der Waals surface area contributed by atoms with Crippen LogP contribution in [-0.4, -0.2) is 53.9 Å². The topological polar surface area (TPSA) is 94.2 Å². The molecule has 1 aliphatic heterocycles. The van der Waals surface area contributed by atoms with E-state index in [4.69, 9.17) is 14.2 Å². The van der Waals surface area contributed by atoms with E-state index in [-0.39, 0.29) is 19.8 Å². The largest absolute Gasteiger partial charge is 0.464 e. The molecular formula is C21H30N2O6. The minimum Gasteiger partial charge on any atom is -0.464 e. The summed E-state index contributed by atoms with van der Waals surface area (Å²) in [6.07, 6.45) is -0.430. The second kappa shape index (κ2) is 9.62. The highest BCUT2D eigenvalue weighted by molar-refractivity contribution is 5.87. The van der Waals surface area contributed by atoms with Crippen molar-refractivity contribution in [3.63, 3.8) is 0 Å². The molecule has 8 heteroatoms. The first kappa shape index (κ1) is 22.5. The smallest absolute Gasteiger partial charge is 0.410 e. The minimum atomic E-state index is -1.37. The second-order valence-electron chi connectivity index (χ2n) is 7.99. The van der Waals surface area contributed by atoms with Crippen LogP contribution in [0.2, 0.25) is 0 Å². The molecule has 0 spiro atoms. The third-order valence-corrected chi connectivity index (χ3v) is 4.36. The Balaban J connectivity index is 2.09. The zero-order valence-corrected chi connectivity index (χ0v) is 17.5. The molecule has 1 atom stereocenters. The number of carbonyl (C=O) groups is 3. The first-order valence-corrected chi connectivity index (χ1v) is 9.79. The second-order valence-corrected chi connectivity index (χ2v) is 7.99. The predicted octanol–water partition coefficient (Wildman–Crippen LogP) is 3.25. The van der Waals surface area contributed by atoms with Gasteiger partial charge in [0.15, 0.2) is 5.54 Å². The van der Waals surface area contributed by atoms with Crippen LogP contribution < -0.4 is 5.32 Å². The van der Waals surface area contributed by atoms with Gasteiger partial charge in [-0.1, -0.05) is 30.3 Å². The average molecular weight is 406 g/mol. The maximum Gasteiger partial charge on any atom is 0.410 e. The van der Waals surface area contributed by atoms with Crippen LogP contribution in [0.15, 0.2) is 30.3 Å².